The van der Waals surface area contributed by atoms with Crippen LogP contribution in [-0.4, -0.2) is 5.78 Å². The maximum atomic E-state index is 12.2. The Morgan fingerprint density at radius 1 is 1.24 bits per heavy atom. The molecule has 88 valence electrons. The molecule has 0 unspecified atom stereocenters. The summed E-state index contributed by atoms with van der Waals surface area (Å²) in [4.78, 5) is 12.2. The van der Waals surface area contributed by atoms with Gasteiger partial charge in [-0.1, -0.05) is 39.1 Å². The van der Waals surface area contributed by atoms with Crippen molar-refractivity contribution in [3.63, 3.8) is 0 Å². The monoisotopic (exact) mass is 349 g/mol. The lowest BCUT2D eigenvalue weighted by molar-refractivity contribution is 0.103. The Kier molecular flexibility index (Phi) is 3.78. The van der Waals surface area contributed by atoms with Crippen LogP contribution in [0.4, 0.5) is 5.69 Å². The zero-order valence-corrected chi connectivity index (χ0v) is 12.3. The summed E-state index contributed by atoms with van der Waals surface area (Å²) < 4.78 is 1.54. The molecule has 1 aromatic heterocycles. The van der Waals surface area contributed by atoms with Crippen LogP contribution < -0.4 is 5.73 Å². The molecule has 2 N–H and O–H groups in total. The normalized spacial score (nSPS) is 10.5. The number of anilines is 1. The quantitative estimate of drug-likeness (QED) is 0.633. The third kappa shape index (κ3) is 2.65. The number of benzene rings is 1. The van der Waals surface area contributed by atoms with Crippen LogP contribution in [0.25, 0.3) is 0 Å². The highest BCUT2D eigenvalue weighted by molar-refractivity contribution is 9.10. The summed E-state index contributed by atoms with van der Waals surface area (Å²) >= 11 is 16.2. The van der Waals surface area contributed by atoms with E-state index < -0.39 is 0 Å². The molecule has 0 bridgehead atoms. The largest absolute Gasteiger partial charge is 0.399 e. The first-order valence-corrected chi connectivity index (χ1v) is 6.90. The van der Waals surface area contributed by atoms with E-state index in [0.29, 0.717) is 30.0 Å². The molecule has 0 spiro atoms. The second-order valence-electron chi connectivity index (χ2n) is 3.31. The number of carbonyl (C=O) groups is 1. The first kappa shape index (κ1) is 12.9. The van der Waals surface area contributed by atoms with E-state index in [9.17, 15) is 4.79 Å². The van der Waals surface area contributed by atoms with E-state index in [2.05, 4.69) is 15.9 Å². The summed E-state index contributed by atoms with van der Waals surface area (Å²) in [7, 11) is 0. The molecule has 0 saturated carbocycles. The van der Waals surface area contributed by atoms with Crippen molar-refractivity contribution in [3.8, 4) is 0 Å². The lowest BCUT2D eigenvalue weighted by Gasteiger charge is -2.04. The van der Waals surface area contributed by atoms with Crippen molar-refractivity contribution in [1.29, 1.82) is 0 Å². The van der Waals surface area contributed by atoms with E-state index in [4.69, 9.17) is 28.9 Å². The van der Waals surface area contributed by atoms with Gasteiger partial charge in [0, 0.05) is 15.7 Å². The fourth-order valence-corrected chi connectivity index (χ4v) is 3.24. The summed E-state index contributed by atoms with van der Waals surface area (Å²) in [6.07, 6.45) is 0. The van der Waals surface area contributed by atoms with Crippen LogP contribution in [0.3, 0.4) is 0 Å². The maximum absolute atomic E-state index is 12.2. The summed E-state index contributed by atoms with van der Waals surface area (Å²) in [6, 6.07) is 6.61. The van der Waals surface area contributed by atoms with Gasteiger partial charge in [0.05, 0.1) is 9.90 Å². The molecule has 2 aromatic rings. The Labute approximate surface area is 120 Å². The first-order chi connectivity index (χ1) is 7.99. The molecule has 0 atom stereocenters. The van der Waals surface area contributed by atoms with Crippen molar-refractivity contribution in [3.05, 3.63) is 48.5 Å². The van der Waals surface area contributed by atoms with Gasteiger partial charge in [0.25, 0.3) is 0 Å². The molecule has 0 amide bonds. The van der Waals surface area contributed by atoms with E-state index >= 15 is 0 Å². The van der Waals surface area contributed by atoms with Crippen molar-refractivity contribution >= 4 is 61.9 Å². The third-order valence-corrected chi connectivity index (χ3v) is 4.32. The minimum atomic E-state index is -0.197. The summed E-state index contributed by atoms with van der Waals surface area (Å²) in [6.45, 7) is 0. The average Bonchev–Trinajstić information content (AvgIpc) is 2.60. The van der Waals surface area contributed by atoms with Gasteiger partial charge in [-0.05, 0) is 24.3 Å². The van der Waals surface area contributed by atoms with E-state index in [1.54, 1.807) is 24.3 Å². The molecule has 0 aliphatic carbocycles. The van der Waals surface area contributed by atoms with E-state index in [1.165, 1.54) is 11.3 Å². The number of halogens is 3. The highest BCUT2D eigenvalue weighted by atomic mass is 79.9. The van der Waals surface area contributed by atoms with Gasteiger partial charge in [0.2, 0.25) is 0 Å². The van der Waals surface area contributed by atoms with Crippen LogP contribution in [-0.2, 0) is 0 Å². The van der Waals surface area contributed by atoms with Crippen molar-refractivity contribution in [2.45, 2.75) is 0 Å². The zero-order valence-electron chi connectivity index (χ0n) is 8.34. The minimum Gasteiger partial charge on any atom is -0.399 e. The summed E-state index contributed by atoms with van der Waals surface area (Å²) in [5.41, 5.74) is 7.05. The Balaban J connectivity index is 2.50. The van der Waals surface area contributed by atoms with Gasteiger partial charge in [-0.3, -0.25) is 4.79 Å². The highest BCUT2D eigenvalue weighted by Crippen LogP contribution is 2.34. The topological polar surface area (TPSA) is 43.1 Å². The number of hydrogen-bond donors (Lipinski definition) is 1. The fourth-order valence-electron chi connectivity index (χ4n) is 1.36. The summed E-state index contributed by atoms with van der Waals surface area (Å²) in [5.74, 6) is -0.197. The second kappa shape index (κ2) is 4.98. The molecule has 0 aliphatic rings. The average molecular weight is 351 g/mol. The van der Waals surface area contributed by atoms with Gasteiger partial charge in [-0.25, -0.2) is 0 Å². The van der Waals surface area contributed by atoms with Gasteiger partial charge in [-0.2, -0.15) is 0 Å². The van der Waals surface area contributed by atoms with E-state index in [0.717, 1.165) is 0 Å². The fraction of sp³-hybridized carbons (Fsp3) is 0. The number of ketones is 1. The van der Waals surface area contributed by atoms with Crippen LogP contribution in [0.15, 0.2) is 28.7 Å². The van der Waals surface area contributed by atoms with Crippen molar-refractivity contribution in [1.82, 2.24) is 0 Å². The zero-order chi connectivity index (χ0) is 12.6. The number of hydrogen-bond acceptors (Lipinski definition) is 3. The lowest BCUT2D eigenvalue weighted by atomic mass is 10.1. The predicted molar refractivity (Wildman–Crippen MR) is 76.3 cm³/mol. The molecular formula is C11H6BrCl2NOS. The predicted octanol–water partition coefficient (Wildman–Crippen LogP) is 4.63. The molecule has 17 heavy (non-hydrogen) atoms. The number of rotatable bonds is 2. The van der Waals surface area contributed by atoms with Crippen LogP contribution in [0, 0.1) is 0 Å². The Bertz CT molecular complexity index is 597. The van der Waals surface area contributed by atoms with Crippen LogP contribution in [0.1, 0.15) is 15.9 Å². The van der Waals surface area contributed by atoms with Crippen molar-refractivity contribution in [2.75, 3.05) is 5.73 Å². The molecule has 1 aromatic carbocycles. The first-order valence-electron chi connectivity index (χ1n) is 4.53. The Morgan fingerprint density at radius 2 is 1.94 bits per heavy atom. The molecular weight excluding hydrogens is 345 g/mol. The number of carbonyl (C=O) groups excluding carboxylic acids is 1. The number of nitrogen functional groups attached to an aromatic ring is 1. The molecule has 0 saturated heterocycles. The highest BCUT2D eigenvalue weighted by Gasteiger charge is 2.18. The Hall–Kier alpha value is -0.550. The van der Waals surface area contributed by atoms with Gasteiger partial charge in [0.15, 0.2) is 5.78 Å². The third-order valence-electron chi connectivity index (χ3n) is 2.14. The molecule has 2 nitrogen and oxygen atoms in total. The second-order valence-corrected chi connectivity index (χ2v) is 6.45. The van der Waals surface area contributed by atoms with Crippen LogP contribution in [0.5, 0.6) is 0 Å². The summed E-state index contributed by atoms with van der Waals surface area (Å²) in [5, 5.41) is 0. The molecule has 6 heteroatoms. The van der Waals surface area contributed by atoms with Gasteiger partial charge < -0.3 is 5.73 Å². The standard InChI is InChI=1S/C11H6BrCl2NOS/c12-8-2-1-5(15)3-6(8)10(16)7-4-9(13)17-11(7)14/h1-4H,15H2. The molecule has 0 aliphatic heterocycles. The lowest BCUT2D eigenvalue weighted by Crippen LogP contribution is -2.02. The van der Waals surface area contributed by atoms with Crippen LogP contribution in [0.2, 0.25) is 8.67 Å². The van der Waals surface area contributed by atoms with Gasteiger partial charge >= 0.3 is 0 Å². The smallest absolute Gasteiger partial charge is 0.196 e. The maximum Gasteiger partial charge on any atom is 0.196 e. The van der Waals surface area contributed by atoms with E-state index in [-0.39, 0.29) is 5.78 Å². The molecule has 0 fully saturated rings. The molecule has 0 radical (unpaired) electrons. The number of thiophene rings is 1. The van der Waals surface area contributed by atoms with E-state index in [1.807, 2.05) is 0 Å². The van der Waals surface area contributed by atoms with Gasteiger partial charge in [0.1, 0.15) is 4.34 Å². The molecule has 1 heterocycles. The van der Waals surface area contributed by atoms with Gasteiger partial charge in [-0.15, -0.1) is 11.3 Å². The number of nitrogens with two attached hydrogens (primary N) is 1. The van der Waals surface area contributed by atoms with Crippen molar-refractivity contribution < 1.29 is 4.79 Å². The minimum absolute atomic E-state index is 0.197. The SMILES string of the molecule is Nc1ccc(Br)c(C(=O)c2cc(Cl)sc2Cl)c1. The Morgan fingerprint density at radius 3 is 2.53 bits per heavy atom. The van der Waals surface area contributed by atoms with Crippen LogP contribution >= 0.6 is 50.5 Å². The molecule has 2 rings (SSSR count). The van der Waals surface area contributed by atoms with Crippen molar-refractivity contribution in [2.24, 2.45) is 0 Å².